The quantitative estimate of drug-likeness (QED) is 0.808. The van der Waals surface area contributed by atoms with Crippen molar-refractivity contribution in [3.05, 3.63) is 82.9 Å². The van der Waals surface area contributed by atoms with E-state index in [4.69, 9.17) is 0 Å². The Hall–Kier alpha value is -2.19. The van der Waals surface area contributed by atoms with Crippen LogP contribution in [0.4, 0.5) is 0 Å². The maximum Gasteiger partial charge on any atom is 0.165 e. The van der Waals surface area contributed by atoms with Gasteiger partial charge in [-0.15, -0.1) is 0 Å². The second kappa shape index (κ2) is 3.96. The summed E-state index contributed by atoms with van der Waals surface area (Å²) in [4.78, 5) is 12.7. The largest absolute Gasteiger partial charge is 0.388 e. The Morgan fingerprint density at radius 2 is 1.45 bits per heavy atom. The molecule has 2 aromatic carbocycles. The summed E-state index contributed by atoms with van der Waals surface area (Å²) in [5, 5.41) is 10.6. The van der Waals surface area contributed by atoms with Crippen LogP contribution in [0.25, 0.3) is 0 Å². The van der Waals surface area contributed by atoms with Crippen LogP contribution >= 0.6 is 0 Å². The average Bonchev–Trinajstić information content (AvgIpc) is 2.84. The molecule has 22 heavy (non-hydrogen) atoms. The van der Waals surface area contributed by atoms with Gasteiger partial charge >= 0.3 is 0 Å². The molecule has 108 valence electrons. The number of benzene rings is 2. The van der Waals surface area contributed by atoms with Gasteiger partial charge in [0.05, 0.1) is 11.5 Å². The van der Waals surface area contributed by atoms with Crippen LogP contribution in [0.1, 0.15) is 40.5 Å². The molecule has 2 nitrogen and oxygen atoms in total. The molecule has 2 bridgehead atoms. The Bertz CT molecular complexity index is 788. The van der Waals surface area contributed by atoms with Crippen LogP contribution in [0, 0.1) is 5.41 Å². The van der Waals surface area contributed by atoms with Gasteiger partial charge in [-0.25, -0.2) is 0 Å². The van der Waals surface area contributed by atoms with Crippen LogP contribution < -0.4 is 0 Å². The molecule has 0 radical (unpaired) electrons. The fraction of sp³-hybridized carbons (Fsp3) is 0.250. The summed E-state index contributed by atoms with van der Waals surface area (Å²) < 4.78 is 0. The summed E-state index contributed by atoms with van der Waals surface area (Å²) in [5.41, 5.74) is 4.38. The van der Waals surface area contributed by atoms with Crippen LogP contribution in [-0.4, -0.2) is 17.0 Å². The Labute approximate surface area is 129 Å². The third-order valence-corrected chi connectivity index (χ3v) is 5.84. The van der Waals surface area contributed by atoms with E-state index < -0.39 is 11.5 Å². The lowest BCUT2D eigenvalue weighted by molar-refractivity contribution is -0.129. The number of allylic oxidation sites excluding steroid dienone is 1. The summed E-state index contributed by atoms with van der Waals surface area (Å²) in [5.74, 6) is 0.248. The van der Waals surface area contributed by atoms with Gasteiger partial charge in [-0.05, 0) is 34.8 Å². The molecule has 0 heterocycles. The summed E-state index contributed by atoms with van der Waals surface area (Å²) in [6.45, 7) is 0. The molecule has 1 spiro atoms. The molecule has 0 aromatic heterocycles. The van der Waals surface area contributed by atoms with E-state index >= 15 is 0 Å². The number of hydrogen-bond donors (Lipinski definition) is 1. The molecule has 4 aliphatic carbocycles. The lowest BCUT2D eigenvalue weighted by atomic mass is 9.50. The molecule has 0 saturated heterocycles. The molecule has 0 fully saturated rings. The first-order chi connectivity index (χ1) is 10.7. The Morgan fingerprint density at radius 3 is 1.95 bits per heavy atom. The fourth-order valence-corrected chi connectivity index (χ4v) is 4.93. The molecule has 4 aliphatic rings. The van der Waals surface area contributed by atoms with Crippen molar-refractivity contribution in [1.29, 1.82) is 0 Å². The summed E-state index contributed by atoms with van der Waals surface area (Å²) >= 11 is 0. The molecule has 2 aromatic rings. The smallest absolute Gasteiger partial charge is 0.165 e. The van der Waals surface area contributed by atoms with Gasteiger partial charge in [0.15, 0.2) is 5.78 Å². The van der Waals surface area contributed by atoms with Crippen molar-refractivity contribution in [2.45, 2.75) is 24.4 Å². The van der Waals surface area contributed by atoms with Gasteiger partial charge in [-0.1, -0.05) is 54.6 Å². The van der Waals surface area contributed by atoms with Crippen LogP contribution in [0.15, 0.2) is 60.7 Å². The summed E-state index contributed by atoms with van der Waals surface area (Å²) in [6.07, 6.45) is 3.28. The zero-order chi connectivity index (χ0) is 14.9. The standard InChI is InChI=1S/C20H16O2/c21-17-9-10-18(22)20(17)11-16-12-5-1-3-7-14(12)19(20)15-8-4-2-6-13(15)16/h1-10,16-17,19,21H,11H2/t16?,17-,19?,20+/m1/s1. The summed E-state index contributed by atoms with van der Waals surface area (Å²) in [6, 6.07) is 16.8. The Kier molecular flexibility index (Phi) is 2.23. The van der Waals surface area contributed by atoms with Crippen LogP contribution in [0.2, 0.25) is 0 Å². The predicted molar refractivity (Wildman–Crippen MR) is 83.8 cm³/mol. The van der Waals surface area contributed by atoms with Gasteiger partial charge in [0.2, 0.25) is 0 Å². The van der Waals surface area contributed by atoms with Gasteiger partial charge in [-0.2, -0.15) is 0 Å². The van der Waals surface area contributed by atoms with E-state index in [1.807, 2.05) is 12.1 Å². The molecule has 0 saturated carbocycles. The number of hydrogen-bond acceptors (Lipinski definition) is 2. The van der Waals surface area contributed by atoms with Crippen molar-refractivity contribution < 1.29 is 9.90 Å². The lowest BCUT2D eigenvalue weighted by Crippen LogP contribution is -2.50. The van der Waals surface area contributed by atoms with E-state index in [0.717, 1.165) is 0 Å². The fourth-order valence-electron chi connectivity index (χ4n) is 4.93. The number of aliphatic hydroxyl groups excluding tert-OH is 1. The molecule has 2 atom stereocenters. The number of carbonyl (C=O) groups excluding carboxylic acids is 1. The molecule has 1 N–H and O–H groups in total. The molecule has 0 unspecified atom stereocenters. The van der Waals surface area contributed by atoms with Gasteiger partial charge in [-0.3, -0.25) is 4.79 Å². The third kappa shape index (κ3) is 1.24. The van der Waals surface area contributed by atoms with Crippen molar-refractivity contribution in [3.63, 3.8) is 0 Å². The second-order valence-corrected chi connectivity index (χ2v) is 6.66. The van der Waals surface area contributed by atoms with Crippen LogP contribution in [0.5, 0.6) is 0 Å². The van der Waals surface area contributed by atoms with Gasteiger partial charge < -0.3 is 5.11 Å². The monoisotopic (exact) mass is 288 g/mol. The summed E-state index contributed by atoms with van der Waals surface area (Å²) in [7, 11) is 0. The Morgan fingerprint density at radius 1 is 0.909 bits per heavy atom. The third-order valence-electron chi connectivity index (χ3n) is 5.84. The van der Waals surface area contributed by atoms with E-state index in [0.29, 0.717) is 6.42 Å². The normalized spacial score (nSPS) is 34.0. The topological polar surface area (TPSA) is 37.3 Å². The van der Waals surface area contributed by atoms with Crippen molar-refractivity contribution in [1.82, 2.24) is 0 Å². The molecule has 2 heteroatoms. The lowest BCUT2D eigenvalue weighted by Gasteiger charge is -2.52. The zero-order valence-electron chi connectivity index (χ0n) is 12.1. The highest BCUT2D eigenvalue weighted by Gasteiger charge is 2.60. The highest BCUT2D eigenvalue weighted by Crippen LogP contribution is 2.63. The molecular weight excluding hydrogens is 272 g/mol. The molecular formula is C20H16O2. The van der Waals surface area contributed by atoms with E-state index in [2.05, 4.69) is 36.4 Å². The maximum atomic E-state index is 12.7. The molecule has 0 aliphatic heterocycles. The highest BCUT2D eigenvalue weighted by molar-refractivity contribution is 6.00. The van der Waals surface area contributed by atoms with Crippen molar-refractivity contribution in [2.75, 3.05) is 0 Å². The first kappa shape index (κ1) is 12.4. The Balaban J connectivity index is 1.85. The minimum Gasteiger partial charge on any atom is -0.388 e. The van der Waals surface area contributed by atoms with Crippen LogP contribution in [-0.2, 0) is 4.79 Å². The predicted octanol–water partition coefficient (Wildman–Crippen LogP) is 3.15. The number of aliphatic hydroxyl groups is 1. The highest BCUT2D eigenvalue weighted by atomic mass is 16.3. The van der Waals surface area contributed by atoms with Crippen molar-refractivity contribution >= 4 is 5.78 Å². The van der Waals surface area contributed by atoms with E-state index in [1.54, 1.807) is 12.2 Å². The number of carbonyl (C=O) groups is 1. The first-order valence-electron chi connectivity index (χ1n) is 7.82. The zero-order valence-corrected chi connectivity index (χ0v) is 12.1. The minimum absolute atomic E-state index is 0.0394. The molecule has 0 amide bonds. The van der Waals surface area contributed by atoms with E-state index in [1.165, 1.54) is 22.3 Å². The van der Waals surface area contributed by atoms with Gasteiger partial charge in [0.1, 0.15) is 0 Å². The maximum absolute atomic E-state index is 12.7. The average molecular weight is 288 g/mol. The van der Waals surface area contributed by atoms with Gasteiger partial charge in [0, 0.05) is 11.8 Å². The molecule has 6 rings (SSSR count). The van der Waals surface area contributed by atoms with Crippen LogP contribution in [0.3, 0.4) is 0 Å². The van der Waals surface area contributed by atoms with Crippen molar-refractivity contribution in [3.8, 4) is 0 Å². The second-order valence-electron chi connectivity index (χ2n) is 6.66. The number of ketones is 1. The van der Waals surface area contributed by atoms with E-state index in [9.17, 15) is 9.90 Å². The van der Waals surface area contributed by atoms with E-state index in [-0.39, 0.29) is 17.6 Å². The van der Waals surface area contributed by atoms with Gasteiger partial charge in [0.25, 0.3) is 0 Å². The number of rotatable bonds is 0. The SMILES string of the molecule is O=C1C=C[C@@H](O)[C@@]12CC1c3ccccc3C2c2ccccc21. The van der Waals surface area contributed by atoms with Crippen molar-refractivity contribution in [2.24, 2.45) is 5.41 Å². The minimum atomic E-state index is -0.701. The first-order valence-corrected chi connectivity index (χ1v) is 7.82.